The number of hydrogen-bond donors (Lipinski definition) is 1. The van der Waals surface area contributed by atoms with Gasteiger partial charge in [-0.1, -0.05) is 18.5 Å². The van der Waals surface area contributed by atoms with Gasteiger partial charge in [-0.15, -0.1) is 0 Å². The summed E-state index contributed by atoms with van der Waals surface area (Å²) in [5.74, 6) is 1.94. The Balaban J connectivity index is 2.70. The van der Waals surface area contributed by atoms with Crippen molar-refractivity contribution in [2.24, 2.45) is 0 Å². The first kappa shape index (κ1) is 13.1. The number of rotatable bonds is 5. The monoisotopic (exact) mass is 308 g/mol. The molecule has 0 aliphatic carbocycles. The van der Waals surface area contributed by atoms with E-state index < -0.39 is 0 Å². The van der Waals surface area contributed by atoms with Gasteiger partial charge in [-0.3, -0.25) is 0 Å². The Morgan fingerprint density at radius 1 is 1.67 bits per heavy atom. The van der Waals surface area contributed by atoms with E-state index in [1.807, 2.05) is 17.8 Å². The van der Waals surface area contributed by atoms with Gasteiger partial charge in [0.1, 0.15) is 5.82 Å². The third-order valence-corrected chi connectivity index (χ3v) is 3.56. The van der Waals surface area contributed by atoms with Gasteiger partial charge in [0.05, 0.1) is 9.50 Å². The number of thioether (sulfide) groups is 1. The zero-order chi connectivity index (χ0) is 11.3. The fourth-order valence-corrected chi connectivity index (χ4v) is 2.65. The van der Waals surface area contributed by atoms with Gasteiger partial charge in [-0.05, 0) is 34.7 Å². The SMILES string of the molecule is CCC(CSC)Nc1ncc(Cl)cc1Br. The minimum Gasteiger partial charge on any atom is -0.366 e. The van der Waals surface area contributed by atoms with Crippen LogP contribution in [-0.2, 0) is 0 Å². The molecule has 1 aromatic heterocycles. The Hall–Kier alpha value is 0.0700. The summed E-state index contributed by atoms with van der Waals surface area (Å²) in [4.78, 5) is 4.25. The first-order chi connectivity index (χ1) is 7.17. The molecule has 0 saturated carbocycles. The molecule has 0 fully saturated rings. The summed E-state index contributed by atoms with van der Waals surface area (Å²) in [6, 6.07) is 2.30. The molecule has 1 heterocycles. The van der Waals surface area contributed by atoms with E-state index >= 15 is 0 Å². The molecule has 5 heteroatoms. The lowest BCUT2D eigenvalue weighted by Gasteiger charge is -2.17. The highest BCUT2D eigenvalue weighted by Crippen LogP contribution is 2.24. The molecule has 1 atom stereocenters. The molecular formula is C10H14BrClN2S. The number of aromatic nitrogens is 1. The summed E-state index contributed by atoms with van der Waals surface area (Å²) in [6.45, 7) is 2.16. The molecule has 2 nitrogen and oxygen atoms in total. The third-order valence-electron chi connectivity index (χ3n) is 2.01. The summed E-state index contributed by atoms with van der Waals surface area (Å²) in [5, 5.41) is 4.03. The zero-order valence-electron chi connectivity index (χ0n) is 8.76. The van der Waals surface area contributed by atoms with Gasteiger partial charge in [0, 0.05) is 18.0 Å². The second-order valence-corrected chi connectivity index (χ2v) is 5.39. The lowest BCUT2D eigenvalue weighted by atomic mass is 10.2. The van der Waals surface area contributed by atoms with Gasteiger partial charge in [0.25, 0.3) is 0 Å². The van der Waals surface area contributed by atoms with E-state index in [9.17, 15) is 0 Å². The number of halogens is 2. The average molecular weight is 310 g/mol. The van der Waals surface area contributed by atoms with Crippen molar-refractivity contribution in [3.63, 3.8) is 0 Å². The van der Waals surface area contributed by atoms with Crippen LogP contribution in [0.1, 0.15) is 13.3 Å². The minimum absolute atomic E-state index is 0.449. The van der Waals surface area contributed by atoms with Crippen molar-refractivity contribution in [2.75, 3.05) is 17.3 Å². The van der Waals surface area contributed by atoms with Gasteiger partial charge < -0.3 is 5.32 Å². The molecule has 0 amide bonds. The van der Waals surface area contributed by atoms with E-state index in [1.54, 1.807) is 6.20 Å². The van der Waals surface area contributed by atoms with Crippen molar-refractivity contribution in [3.05, 3.63) is 21.8 Å². The normalized spacial score (nSPS) is 12.5. The van der Waals surface area contributed by atoms with Crippen LogP contribution < -0.4 is 5.32 Å². The number of anilines is 1. The van der Waals surface area contributed by atoms with Crippen LogP contribution in [0, 0.1) is 0 Å². The predicted molar refractivity (Wildman–Crippen MR) is 73.0 cm³/mol. The molecule has 1 aromatic rings. The second kappa shape index (κ2) is 6.61. The van der Waals surface area contributed by atoms with E-state index in [0.29, 0.717) is 11.1 Å². The van der Waals surface area contributed by atoms with Crippen molar-refractivity contribution in [1.29, 1.82) is 0 Å². The Kier molecular flexibility index (Phi) is 5.79. The van der Waals surface area contributed by atoms with E-state index in [-0.39, 0.29) is 0 Å². The number of nitrogens with zero attached hydrogens (tertiary/aromatic N) is 1. The molecule has 84 valence electrons. The first-order valence-corrected chi connectivity index (χ1v) is 7.30. The van der Waals surface area contributed by atoms with Crippen LogP contribution in [0.4, 0.5) is 5.82 Å². The molecule has 0 aliphatic rings. The molecule has 0 radical (unpaired) electrons. The van der Waals surface area contributed by atoms with Crippen molar-refractivity contribution in [1.82, 2.24) is 4.98 Å². The molecule has 1 unspecified atom stereocenters. The molecule has 1 rings (SSSR count). The third kappa shape index (κ3) is 4.21. The lowest BCUT2D eigenvalue weighted by molar-refractivity contribution is 0.769. The maximum Gasteiger partial charge on any atom is 0.140 e. The van der Waals surface area contributed by atoms with Gasteiger partial charge in [0.2, 0.25) is 0 Å². The molecule has 0 bridgehead atoms. The summed E-state index contributed by atoms with van der Waals surface area (Å²) < 4.78 is 0.912. The molecule has 0 spiro atoms. The molecule has 15 heavy (non-hydrogen) atoms. The van der Waals surface area contributed by atoms with E-state index in [1.165, 1.54) is 0 Å². The number of pyridine rings is 1. The lowest BCUT2D eigenvalue weighted by Crippen LogP contribution is -2.21. The van der Waals surface area contributed by atoms with Crippen LogP contribution in [0.2, 0.25) is 5.02 Å². The quantitative estimate of drug-likeness (QED) is 0.888. The van der Waals surface area contributed by atoms with E-state index in [0.717, 1.165) is 22.5 Å². The van der Waals surface area contributed by atoms with Crippen molar-refractivity contribution in [2.45, 2.75) is 19.4 Å². The van der Waals surface area contributed by atoms with Crippen LogP contribution in [0.25, 0.3) is 0 Å². The van der Waals surface area contributed by atoms with Crippen molar-refractivity contribution in [3.8, 4) is 0 Å². The molecule has 0 aromatic carbocycles. The summed E-state index contributed by atoms with van der Waals surface area (Å²) in [5.41, 5.74) is 0. The van der Waals surface area contributed by atoms with Gasteiger partial charge in [-0.25, -0.2) is 4.98 Å². The van der Waals surface area contributed by atoms with Crippen LogP contribution in [0.3, 0.4) is 0 Å². The largest absolute Gasteiger partial charge is 0.366 e. The molecule has 0 aliphatic heterocycles. The predicted octanol–water partition coefficient (Wildman–Crippen LogP) is 4.05. The highest BCUT2D eigenvalue weighted by Gasteiger charge is 2.08. The molecule has 0 saturated heterocycles. The van der Waals surface area contributed by atoms with E-state index in [4.69, 9.17) is 11.6 Å². The van der Waals surface area contributed by atoms with Crippen molar-refractivity contribution >= 4 is 45.1 Å². The molecular weight excluding hydrogens is 296 g/mol. The fraction of sp³-hybridized carbons (Fsp3) is 0.500. The Morgan fingerprint density at radius 2 is 2.40 bits per heavy atom. The van der Waals surface area contributed by atoms with Crippen molar-refractivity contribution < 1.29 is 0 Å². The minimum atomic E-state index is 0.449. The van der Waals surface area contributed by atoms with Gasteiger partial charge >= 0.3 is 0 Å². The summed E-state index contributed by atoms with van der Waals surface area (Å²) >= 11 is 11.1. The topological polar surface area (TPSA) is 24.9 Å². The smallest absolute Gasteiger partial charge is 0.140 e. The maximum atomic E-state index is 5.82. The highest BCUT2D eigenvalue weighted by molar-refractivity contribution is 9.10. The molecule has 1 N–H and O–H groups in total. The van der Waals surface area contributed by atoms with Gasteiger partial charge in [-0.2, -0.15) is 11.8 Å². The zero-order valence-corrected chi connectivity index (χ0v) is 11.9. The summed E-state index contributed by atoms with van der Waals surface area (Å²) in [7, 11) is 0. The highest BCUT2D eigenvalue weighted by atomic mass is 79.9. The Morgan fingerprint density at radius 3 is 2.93 bits per heavy atom. The number of hydrogen-bond acceptors (Lipinski definition) is 3. The van der Waals surface area contributed by atoms with Crippen LogP contribution >= 0.6 is 39.3 Å². The van der Waals surface area contributed by atoms with Crippen LogP contribution in [0.15, 0.2) is 16.7 Å². The fourth-order valence-electron chi connectivity index (χ4n) is 1.18. The Labute approximate surface area is 108 Å². The van der Waals surface area contributed by atoms with Gasteiger partial charge in [0.15, 0.2) is 0 Å². The van der Waals surface area contributed by atoms with Crippen LogP contribution in [-0.4, -0.2) is 23.0 Å². The first-order valence-electron chi connectivity index (χ1n) is 4.73. The van der Waals surface area contributed by atoms with Crippen LogP contribution in [0.5, 0.6) is 0 Å². The summed E-state index contributed by atoms with van der Waals surface area (Å²) in [6.07, 6.45) is 4.84. The average Bonchev–Trinajstić information content (AvgIpc) is 2.21. The second-order valence-electron chi connectivity index (χ2n) is 3.19. The number of nitrogens with one attached hydrogen (secondary N) is 1. The van der Waals surface area contributed by atoms with E-state index in [2.05, 4.69) is 39.4 Å². The standard InChI is InChI=1S/C10H14BrClN2S/c1-3-8(6-15-2)14-10-9(11)4-7(12)5-13-10/h4-5,8H,3,6H2,1-2H3,(H,13,14). The Bertz CT molecular complexity index is 322. The maximum absolute atomic E-state index is 5.82.